The van der Waals surface area contributed by atoms with E-state index in [9.17, 15) is 22.8 Å². The van der Waals surface area contributed by atoms with Crippen molar-refractivity contribution in [1.29, 1.82) is 0 Å². The van der Waals surface area contributed by atoms with Crippen molar-refractivity contribution >= 4 is 34.7 Å². The smallest absolute Gasteiger partial charge is 0.355 e. The lowest BCUT2D eigenvalue weighted by molar-refractivity contribution is -0.139. The molecule has 2 aromatic heterocycles. The quantitative estimate of drug-likeness (QED) is 0.542. The van der Waals surface area contributed by atoms with Crippen LogP contribution in [0.15, 0.2) is 41.3 Å². The highest BCUT2D eigenvalue weighted by Gasteiger charge is 2.51. The number of aromatic nitrogens is 2. The fourth-order valence-electron chi connectivity index (χ4n) is 3.70. The van der Waals surface area contributed by atoms with Crippen molar-refractivity contribution in [2.75, 3.05) is 23.8 Å². The van der Waals surface area contributed by atoms with Gasteiger partial charge in [-0.1, -0.05) is 11.6 Å². The Labute approximate surface area is 183 Å². The van der Waals surface area contributed by atoms with Crippen LogP contribution in [0.5, 0.6) is 0 Å². The fraction of sp³-hybridized carbons (Fsp3) is 0.190. The molecule has 1 aromatic carbocycles. The number of nitrogens with one attached hydrogen (secondary N) is 3. The molecule has 5 rings (SSSR count). The third-order valence-corrected chi connectivity index (χ3v) is 5.62. The summed E-state index contributed by atoms with van der Waals surface area (Å²) >= 11 is 5.97. The predicted octanol–water partition coefficient (Wildman–Crippen LogP) is 4.13. The Morgan fingerprint density at radius 3 is 2.62 bits per heavy atom. The fourth-order valence-corrected chi connectivity index (χ4v) is 3.87. The van der Waals surface area contributed by atoms with E-state index in [1.165, 1.54) is 30.5 Å². The number of alkyl halides is 2. The van der Waals surface area contributed by atoms with Gasteiger partial charge in [0.05, 0.1) is 35.7 Å². The van der Waals surface area contributed by atoms with Crippen molar-refractivity contribution in [3.05, 3.63) is 69.0 Å². The average Bonchev–Trinajstić information content (AvgIpc) is 2.94. The Kier molecular flexibility index (Phi) is 4.72. The number of H-pyrrole nitrogens is 1. The number of amides is 1. The lowest BCUT2D eigenvalue weighted by Gasteiger charge is -2.28. The number of aromatic amines is 1. The number of benzene rings is 1. The van der Waals surface area contributed by atoms with Crippen molar-refractivity contribution in [2.24, 2.45) is 0 Å². The molecule has 0 unspecified atom stereocenters. The molecule has 11 heteroatoms. The van der Waals surface area contributed by atoms with Crippen molar-refractivity contribution in [3.8, 4) is 11.1 Å². The number of halogens is 4. The van der Waals surface area contributed by atoms with E-state index in [-0.39, 0.29) is 39.3 Å². The van der Waals surface area contributed by atoms with E-state index < -0.39 is 28.8 Å². The molecule has 0 bridgehead atoms. The molecular weight excluding hydrogens is 449 g/mol. The van der Waals surface area contributed by atoms with Crippen molar-refractivity contribution < 1.29 is 22.7 Å². The normalized spacial score (nSPS) is 16.9. The molecule has 0 saturated carbocycles. The van der Waals surface area contributed by atoms with Crippen LogP contribution in [0, 0.1) is 5.82 Å². The summed E-state index contributed by atoms with van der Waals surface area (Å²) in [5.41, 5.74) is -0.662. The Morgan fingerprint density at radius 1 is 1.12 bits per heavy atom. The number of carbonyl (C=O) groups is 1. The summed E-state index contributed by atoms with van der Waals surface area (Å²) < 4.78 is 48.6. The summed E-state index contributed by atoms with van der Waals surface area (Å²) in [7, 11) is 0. The first-order valence-electron chi connectivity index (χ1n) is 9.52. The number of rotatable bonds is 4. The van der Waals surface area contributed by atoms with Crippen molar-refractivity contribution in [1.82, 2.24) is 9.97 Å². The van der Waals surface area contributed by atoms with E-state index in [0.29, 0.717) is 18.9 Å². The molecule has 4 heterocycles. The van der Waals surface area contributed by atoms with Crippen molar-refractivity contribution in [3.63, 3.8) is 0 Å². The topological polar surface area (TPSA) is 96.1 Å². The molecule has 7 nitrogen and oxygen atoms in total. The highest BCUT2D eigenvalue weighted by molar-refractivity contribution is 6.30. The molecule has 1 amide bonds. The summed E-state index contributed by atoms with van der Waals surface area (Å²) in [4.78, 5) is 31.0. The minimum absolute atomic E-state index is 0.0387. The van der Waals surface area contributed by atoms with E-state index in [2.05, 4.69) is 20.6 Å². The number of hydrogen-bond acceptors (Lipinski definition) is 5. The molecule has 0 spiro atoms. The third kappa shape index (κ3) is 3.23. The highest BCUT2D eigenvalue weighted by atomic mass is 35.5. The third-order valence-electron chi connectivity index (χ3n) is 5.39. The van der Waals surface area contributed by atoms with Crippen LogP contribution < -0.4 is 16.2 Å². The van der Waals surface area contributed by atoms with Gasteiger partial charge in [-0.15, -0.1) is 0 Å². The minimum atomic E-state index is -3.80. The van der Waals surface area contributed by atoms with Gasteiger partial charge in [-0.25, -0.2) is 9.37 Å². The number of nitrogens with zero attached hydrogens (tertiary/aromatic N) is 1. The van der Waals surface area contributed by atoms with Crippen LogP contribution in [0.3, 0.4) is 0 Å². The number of anilines is 3. The van der Waals surface area contributed by atoms with Gasteiger partial charge in [-0.2, -0.15) is 8.78 Å². The molecule has 32 heavy (non-hydrogen) atoms. The Hall–Kier alpha value is -3.37. The number of pyridine rings is 2. The maximum absolute atomic E-state index is 14.5. The SMILES string of the molecule is O=C1Nc2nccc(Nc3cc(-c4cc(Cl)ccc4F)c(=O)[nH]c3C3COC3)c2C1(F)F. The van der Waals surface area contributed by atoms with Gasteiger partial charge in [-0.3, -0.25) is 9.59 Å². The first-order valence-corrected chi connectivity index (χ1v) is 9.89. The van der Waals surface area contributed by atoms with Crippen LogP contribution >= 0.6 is 11.6 Å². The predicted molar refractivity (Wildman–Crippen MR) is 111 cm³/mol. The van der Waals surface area contributed by atoms with Crippen LogP contribution in [0.4, 0.5) is 30.4 Å². The maximum atomic E-state index is 14.5. The number of hydrogen-bond donors (Lipinski definition) is 3. The molecular formula is C21H14ClF3N4O3. The van der Waals surface area contributed by atoms with E-state index in [0.717, 1.165) is 6.07 Å². The largest absolute Gasteiger partial charge is 0.380 e. The van der Waals surface area contributed by atoms with Crippen LogP contribution in [0.2, 0.25) is 5.02 Å². The zero-order valence-corrected chi connectivity index (χ0v) is 16.9. The van der Waals surface area contributed by atoms with E-state index in [1.54, 1.807) is 0 Å². The molecule has 0 radical (unpaired) electrons. The van der Waals surface area contributed by atoms with Gasteiger partial charge in [0.15, 0.2) is 0 Å². The van der Waals surface area contributed by atoms with Crippen LogP contribution in [-0.2, 0) is 15.5 Å². The number of carbonyl (C=O) groups excluding carboxylic acids is 1. The second-order valence-electron chi connectivity index (χ2n) is 7.43. The van der Waals surface area contributed by atoms with E-state index in [1.807, 2.05) is 0 Å². The van der Waals surface area contributed by atoms with Gasteiger partial charge in [-0.05, 0) is 30.3 Å². The van der Waals surface area contributed by atoms with Crippen LogP contribution in [0.25, 0.3) is 11.1 Å². The Bertz CT molecular complexity index is 1320. The second kappa shape index (κ2) is 7.35. The lowest BCUT2D eigenvalue weighted by Crippen LogP contribution is -2.29. The monoisotopic (exact) mass is 462 g/mol. The zero-order chi connectivity index (χ0) is 22.6. The molecule has 2 aliphatic heterocycles. The first-order chi connectivity index (χ1) is 15.3. The molecule has 0 aliphatic carbocycles. The Balaban J connectivity index is 1.66. The summed E-state index contributed by atoms with van der Waals surface area (Å²) in [5.74, 6) is -6.40. The molecule has 0 atom stereocenters. The summed E-state index contributed by atoms with van der Waals surface area (Å²) in [6.45, 7) is 0.639. The van der Waals surface area contributed by atoms with Crippen molar-refractivity contribution in [2.45, 2.75) is 11.8 Å². The highest BCUT2D eigenvalue weighted by Crippen LogP contribution is 2.45. The zero-order valence-electron chi connectivity index (χ0n) is 16.1. The average molecular weight is 463 g/mol. The minimum Gasteiger partial charge on any atom is -0.380 e. The number of fused-ring (bicyclic) bond motifs is 1. The molecule has 2 aliphatic rings. The van der Waals surface area contributed by atoms with Gasteiger partial charge in [0.1, 0.15) is 11.6 Å². The van der Waals surface area contributed by atoms with E-state index in [4.69, 9.17) is 16.3 Å². The van der Waals surface area contributed by atoms with Gasteiger partial charge in [0.2, 0.25) is 0 Å². The van der Waals surface area contributed by atoms with Gasteiger partial charge >= 0.3 is 11.8 Å². The molecule has 3 N–H and O–H groups in total. The van der Waals surface area contributed by atoms with Gasteiger partial charge < -0.3 is 20.4 Å². The standard InChI is InChI=1S/C21H14ClF3N4O3/c22-10-1-2-13(23)11(5-10)12-6-15(17(28-19(12)30)9-7-32-8-9)27-14-3-4-26-18-16(14)21(24,25)20(31)29-18/h1-6,9H,7-8H2,(H,28,30)(H2,26,27,29,31). The van der Waals surface area contributed by atoms with Gasteiger partial charge in [0, 0.05) is 28.4 Å². The molecule has 3 aromatic rings. The van der Waals surface area contributed by atoms with Crippen LogP contribution in [-0.4, -0.2) is 29.1 Å². The number of ether oxygens (including phenoxy) is 1. The molecule has 164 valence electrons. The van der Waals surface area contributed by atoms with Crippen LogP contribution in [0.1, 0.15) is 17.2 Å². The second-order valence-corrected chi connectivity index (χ2v) is 7.87. The molecule has 1 fully saturated rings. The maximum Gasteiger partial charge on any atom is 0.355 e. The Morgan fingerprint density at radius 2 is 1.91 bits per heavy atom. The molecule has 1 saturated heterocycles. The summed E-state index contributed by atoms with van der Waals surface area (Å²) in [5, 5.41) is 5.15. The summed E-state index contributed by atoms with van der Waals surface area (Å²) in [6.07, 6.45) is 1.26. The van der Waals surface area contributed by atoms with Gasteiger partial charge in [0.25, 0.3) is 5.56 Å². The van der Waals surface area contributed by atoms with E-state index >= 15 is 0 Å². The summed E-state index contributed by atoms with van der Waals surface area (Å²) in [6, 6.07) is 6.44. The lowest BCUT2D eigenvalue weighted by atomic mass is 9.98. The first kappa shape index (κ1) is 20.5.